The molecule has 1 fully saturated rings. The Balaban J connectivity index is 2.00. The smallest absolute Gasteiger partial charge is 0.144 e. The summed E-state index contributed by atoms with van der Waals surface area (Å²) in [7, 11) is 0. The van der Waals surface area contributed by atoms with Gasteiger partial charge in [0.1, 0.15) is 5.78 Å². The lowest BCUT2D eigenvalue weighted by molar-refractivity contribution is -0.124. The number of ketones is 1. The van der Waals surface area contributed by atoms with Gasteiger partial charge in [-0.05, 0) is 31.9 Å². The van der Waals surface area contributed by atoms with Crippen LogP contribution in [0.3, 0.4) is 0 Å². The number of hydrogen-bond donors (Lipinski definition) is 0. The Morgan fingerprint density at radius 3 is 2.44 bits per heavy atom. The number of pyridine rings is 1. The predicted molar refractivity (Wildman–Crippen MR) is 73.5 cm³/mol. The zero-order chi connectivity index (χ0) is 12.8. The average Bonchev–Trinajstić information content (AvgIpc) is 2.38. The van der Waals surface area contributed by atoms with Crippen LogP contribution in [0.2, 0.25) is 0 Å². The van der Waals surface area contributed by atoms with Crippen LogP contribution in [0.1, 0.15) is 63.5 Å². The quantitative estimate of drug-likeness (QED) is 0.802. The van der Waals surface area contributed by atoms with Gasteiger partial charge in [-0.2, -0.15) is 0 Å². The lowest BCUT2D eigenvalue weighted by atomic mass is 9.83. The summed E-state index contributed by atoms with van der Waals surface area (Å²) in [6, 6.07) is 5.83. The predicted octanol–water partition coefficient (Wildman–Crippen LogP) is 4.11. The monoisotopic (exact) mass is 245 g/mol. The SMILES string of the molecule is CC(C(=O)C1CCCCCCC1)c1ccccn1. The molecule has 98 valence electrons. The molecular weight excluding hydrogens is 222 g/mol. The van der Waals surface area contributed by atoms with Gasteiger partial charge in [0.15, 0.2) is 0 Å². The molecule has 1 aliphatic rings. The molecule has 0 saturated heterocycles. The first-order valence-corrected chi connectivity index (χ1v) is 7.23. The van der Waals surface area contributed by atoms with Crippen molar-refractivity contribution in [1.82, 2.24) is 4.98 Å². The molecule has 0 amide bonds. The van der Waals surface area contributed by atoms with Crippen molar-refractivity contribution in [2.75, 3.05) is 0 Å². The maximum Gasteiger partial charge on any atom is 0.144 e. The minimum Gasteiger partial charge on any atom is -0.299 e. The van der Waals surface area contributed by atoms with Crippen molar-refractivity contribution in [3.8, 4) is 0 Å². The molecule has 1 aromatic rings. The van der Waals surface area contributed by atoms with Crippen molar-refractivity contribution in [3.05, 3.63) is 30.1 Å². The second kappa shape index (κ2) is 6.67. The molecule has 0 aromatic carbocycles. The van der Waals surface area contributed by atoms with Crippen LogP contribution < -0.4 is 0 Å². The van der Waals surface area contributed by atoms with Gasteiger partial charge in [0.25, 0.3) is 0 Å². The highest BCUT2D eigenvalue weighted by atomic mass is 16.1. The number of Topliss-reactive ketones (excluding diaryl/α,β-unsaturated/α-hetero) is 1. The highest BCUT2D eigenvalue weighted by molar-refractivity contribution is 5.87. The van der Waals surface area contributed by atoms with Crippen LogP contribution in [-0.4, -0.2) is 10.8 Å². The summed E-state index contributed by atoms with van der Waals surface area (Å²) >= 11 is 0. The minimum absolute atomic E-state index is 0.0457. The molecule has 0 bridgehead atoms. The summed E-state index contributed by atoms with van der Waals surface area (Å²) in [5.74, 6) is 0.619. The number of rotatable bonds is 3. The van der Waals surface area contributed by atoms with Gasteiger partial charge in [-0.1, -0.05) is 38.2 Å². The number of aromatic nitrogens is 1. The molecule has 1 unspecified atom stereocenters. The summed E-state index contributed by atoms with van der Waals surface area (Å²) in [4.78, 5) is 16.8. The molecule has 1 saturated carbocycles. The molecule has 0 spiro atoms. The van der Waals surface area contributed by atoms with Crippen LogP contribution in [0, 0.1) is 5.92 Å². The van der Waals surface area contributed by atoms with Crippen LogP contribution in [-0.2, 0) is 4.79 Å². The maximum atomic E-state index is 12.5. The van der Waals surface area contributed by atoms with Gasteiger partial charge in [0.05, 0.1) is 11.6 Å². The van der Waals surface area contributed by atoms with Crippen LogP contribution in [0.4, 0.5) is 0 Å². The first-order valence-electron chi connectivity index (χ1n) is 7.23. The molecule has 0 radical (unpaired) electrons. The van der Waals surface area contributed by atoms with Gasteiger partial charge in [0.2, 0.25) is 0 Å². The van der Waals surface area contributed by atoms with E-state index in [1.807, 2.05) is 25.1 Å². The highest BCUT2D eigenvalue weighted by Crippen LogP contribution is 2.28. The zero-order valence-electron chi connectivity index (χ0n) is 11.3. The standard InChI is InChI=1S/C16H23NO/c1-13(15-11-7-8-12-17-15)16(18)14-9-5-3-2-4-6-10-14/h7-8,11-14H,2-6,9-10H2,1H3. The Morgan fingerprint density at radius 2 is 1.83 bits per heavy atom. The van der Waals surface area contributed by atoms with Gasteiger partial charge in [-0.15, -0.1) is 0 Å². The molecule has 2 rings (SSSR count). The van der Waals surface area contributed by atoms with Gasteiger partial charge in [0, 0.05) is 12.1 Å². The van der Waals surface area contributed by atoms with Crippen molar-refractivity contribution < 1.29 is 4.79 Å². The fourth-order valence-electron chi connectivity index (χ4n) is 2.87. The third-order valence-electron chi connectivity index (χ3n) is 4.07. The van der Waals surface area contributed by atoms with Crippen molar-refractivity contribution >= 4 is 5.78 Å². The lowest BCUT2D eigenvalue weighted by Gasteiger charge is -2.21. The van der Waals surface area contributed by atoms with Crippen molar-refractivity contribution in [1.29, 1.82) is 0 Å². The molecule has 2 heteroatoms. The molecule has 0 N–H and O–H groups in total. The Hall–Kier alpha value is -1.18. The van der Waals surface area contributed by atoms with E-state index < -0.39 is 0 Å². The van der Waals surface area contributed by atoms with E-state index in [2.05, 4.69) is 4.98 Å². The Morgan fingerprint density at radius 1 is 1.17 bits per heavy atom. The Labute approximate surface area is 110 Å². The minimum atomic E-state index is -0.0457. The largest absolute Gasteiger partial charge is 0.299 e. The van der Waals surface area contributed by atoms with E-state index in [1.54, 1.807) is 6.20 Å². The summed E-state index contributed by atoms with van der Waals surface area (Å²) in [5.41, 5.74) is 0.921. The molecular formula is C16H23NO. The van der Waals surface area contributed by atoms with Crippen LogP contribution in [0.15, 0.2) is 24.4 Å². The number of hydrogen-bond acceptors (Lipinski definition) is 2. The number of nitrogens with zero attached hydrogens (tertiary/aromatic N) is 1. The second-order valence-electron chi connectivity index (χ2n) is 5.42. The number of carbonyl (C=O) groups excluding carboxylic acids is 1. The Kier molecular flexibility index (Phi) is 4.91. The van der Waals surface area contributed by atoms with E-state index in [9.17, 15) is 4.79 Å². The lowest BCUT2D eigenvalue weighted by Crippen LogP contribution is -2.22. The number of carbonyl (C=O) groups is 1. The van der Waals surface area contributed by atoms with Crippen LogP contribution in [0.5, 0.6) is 0 Å². The van der Waals surface area contributed by atoms with Gasteiger partial charge < -0.3 is 0 Å². The van der Waals surface area contributed by atoms with Gasteiger partial charge in [-0.25, -0.2) is 0 Å². The van der Waals surface area contributed by atoms with E-state index in [1.165, 1.54) is 32.1 Å². The normalized spacial score (nSPS) is 19.8. The van der Waals surface area contributed by atoms with Crippen molar-refractivity contribution in [3.63, 3.8) is 0 Å². The maximum absolute atomic E-state index is 12.5. The Bertz CT molecular complexity index is 366. The molecule has 1 heterocycles. The fraction of sp³-hybridized carbons (Fsp3) is 0.625. The van der Waals surface area contributed by atoms with Crippen LogP contribution in [0.25, 0.3) is 0 Å². The summed E-state index contributed by atoms with van der Waals surface area (Å²) in [5, 5.41) is 0. The van der Waals surface area contributed by atoms with E-state index >= 15 is 0 Å². The van der Waals surface area contributed by atoms with Crippen molar-refractivity contribution in [2.45, 2.75) is 57.8 Å². The van der Waals surface area contributed by atoms with E-state index in [-0.39, 0.29) is 11.8 Å². The topological polar surface area (TPSA) is 30.0 Å². The van der Waals surface area contributed by atoms with Gasteiger partial charge >= 0.3 is 0 Å². The van der Waals surface area contributed by atoms with E-state index in [0.29, 0.717) is 5.78 Å². The summed E-state index contributed by atoms with van der Waals surface area (Å²) in [6.07, 6.45) is 10.3. The van der Waals surface area contributed by atoms with E-state index in [0.717, 1.165) is 18.5 Å². The zero-order valence-corrected chi connectivity index (χ0v) is 11.3. The van der Waals surface area contributed by atoms with Gasteiger partial charge in [-0.3, -0.25) is 9.78 Å². The molecule has 0 aliphatic heterocycles. The second-order valence-corrected chi connectivity index (χ2v) is 5.42. The molecule has 1 aliphatic carbocycles. The van der Waals surface area contributed by atoms with E-state index in [4.69, 9.17) is 0 Å². The first kappa shape index (κ1) is 13.3. The molecule has 18 heavy (non-hydrogen) atoms. The summed E-state index contributed by atoms with van der Waals surface area (Å²) in [6.45, 7) is 2.00. The van der Waals surface area contributed by atoms with Crippen molar-refractivity contribution in [2.24, 2.45) is 5.92 Å². The first-order chi connectivity index (χ1) is 8.79. The molecule has 2 nitrogen and oxygen atoms in total. The third kappa shape index (κ3) is 3.41. The average molecular weight is 245 g/mol. The summed E-state index contributed by atoms with van der Waals surface area (Å²) < 4.78 is 0. The van der Waals surface area contributed by atoms with Crippen LogP contribution >= 0.6 is 0 Å². The third-order valence-corrected chi connectivity index (χ3v) is 4.07. The molecule has 1 atom stereocenters. The fourth-order valence-corrected chi connectivity index (χ4v) is 2.87. The highest BCUT2D eigenvalue weighted by Gasteiger charge is 2.25. The molecule has 1 aromatic heterocycles.